The van der Waals surface area contributed by atoms with Gasteiger partial charge in [0.15, 0.2) is 0 Å². The van der Waals surface area contributed by atoms with E-state index in [2.05, 4.69) is 4.98 Å². The van der Waals surface area contributed by atoms with Gasteiger partial charge in [0, 0.05) is 12.1 Å². The molecule has 0 radical (unpaired) electrons. The second kappa shape index (κ2) is 3.67. The topological polar surface area (TPSA) is 38.9 Å². The van der Waals surface area contributed by atoms with E-state index in [0.29, 0.717) is 5.56 Å². The predicted octanol–water partition coefficient (Wildman–Crippen LogP) is 2.34. The third kappa shape index (κ3) is 1.82. The van der Waals surface area contributed by atoms with Crippen molar-refractivity contribution in [1.82, 2.24) is 4.98 Å². The van der Waals surface area contributed by atoms with Crippen LogP contribution in [0.15, 0.2) is 12.3 Å². The van der Waals surface area contributed by atoms with Crippen LogP contribution in [-0.4, -0.2) is 4.98 Å². The van der Waals surface area contributed by atoms with Gasteiger partial charge in [-0.15, -0.1) is 11.6 Å². The van der Waals surface area contributed by atoms with Crippen LogP contribution < -0.4 is 5.73 Å². The van der Waals surface area contributed by atoms with E-state index in [4.69, 9.17) is 17.3 Å². The molecule has 1 heterocycles. The summed E-state index contributed by atoms with van der Waals surface area (Å²) in [7, 11) is 0. The molecule has 0 aliphatic heterocycles. The Hall–Kier alpha value is -0.900. The first-order valence-corrected chi connectivity index (χ1v) is 3.77. The largest absolute Gasteiger partial charge is 0.383 e. The van der Waals surface area contributed by atoms with Crippen LogP contribution in [0.5, 0.6) is 0 Å². The molecule has 0 unspecified atom stereocenters. The van der Waals surface area contributed by atoms with Crippen molar-refractivity contribution in [2.75, 3.05) is 5.73 Å². The molecule has 2 N–H and O–H groups in total. The number of nitrogen functional groups attached to an aromatic ring is 1. The van der Waals surface area contributed by atoms with E-state index >= 15 is 0 Å². The summed E-state index contributed by atoms with van der Waals surface area (Å²) in [6.07, 6.45) is -1.21. The van der Waals surface area contributed by atoms with E-state index < -0.39 is 6.43 Å². The Morgan fingerprint density at radius 1 is 1.58 bits per heavy atom. The SMILES string of the molecule is Nc1ncc(CCl)cc1C(F)F. The lowest BCUT2D eigenvalue weighted by Crippen LogP contribution is -1.99. The lowest BCUT2D eigenvalue weighted by Gasteiger charge is -2.04. The van der Waals surface area contributed by atoms with E-state index in [9.17, 15) is 8.78 Å². The van der Waals surface area contributed by atoms with Crippen LogP contribution in [0.3, 0.4) is 0 Å². The predicted molar refractivity (Wildman–Crippen MR) is 43.2 cm³/mol. The van der Waals surface area contributed by atoms with Crippen LogP contribution in [0.4, 0.5) is 14.6 Å². The quantitative estimate of drug-likeness (QED) is 0.731. The van der Waals surface area contributed by atoms with Crippen molar-refractivity contribution in [3.63, 3.8) is 0 Å². The van der Waals surface area contributed by atoms with Crippen molar-refractivity contribution in [3.05, 3.63) is 23.4 Å². The monoisotopic (exact) mass is 192 g/mol. The lowest BCUT2D eigenvalue weighted by atomic mass is 10.2. The van der Waals surface area contributed by atoms with Crippen LogP contribution in [-0.2, 0) is 5.88 Å². The Morgan fingerprint density at radius 2 is 2.25 bits per heavy atom. The number of hydrogen-bond acceptors (Lipinski definition) is 2. The van der Waals surface area contributed by atoms with Gasteiger partial charge in [0.1, 0.15) is 5.82 Å². The number of alkyl halides is 3. The first-order valence-electron chi connectivity index (χ1n) is 3.23. The molecule has 0 bridgehead atoms. The average molecular weight is 193 g/mol. The highest BCUT2D eigenvalue weighted by atomic mass is 35.5. The Morgan fingerprint density at radius 3 is 2.75 bits per heavy atom. The van der Waals surface area contributed by atoms with Crippen LogP contribution in [0.1, 0.15) is 17.6 Å². The maximum absolute atomic E-state index is 12.2. The second-order valence-corrected chi connectivity index (χ2v) is 2.52. The molecule has 1 aromatic rings. The smallest absolute Gasteiger partial charge is 0.267 e. The second-order valence-electron chi connectivity index (χ2n) is 2.25. The molecular formula is C7H7ClF2N2. The van der Waals surface area contributed by atoms with E-state index in [0.717, 1.165) is 0 Å². The van der Waals surface area contributed by atoms with Gasteiger partial charge in [-0.05, 0) is 11.6 Å². The lowest BCUT2D eigenvalue weighted by molar-refractivity contribution is 0.152. The van der Waals surface area contributed by atoms with Crippen molar-refractivity contribution in [2.24, 2.45) is 0 Å². The third-order valence-electron chi connectivity index (χ3n) is 1.40. The standard InChI is InChI=1S/C7H7ClF2N2/c8-2-4-1-5(6(9)10)7(11)12-3-4/h1,3,6H,2H2,(H2,11,12). The molecule has 0 spiro atoms. The number of hydrogen-bond donors (Lipinski definition) is 1. The maximum atomic E-state index is 12.2. The zero-order valence-corrected chi connectivity index (χ0v) is 6.85. The summed E-state index contributed by atoms with van der Waals surface area (Å²) in [5.41, 5.74) is 5.50. The zero-order valence-electron chi connectivity index (χ0n) is 6.10. The first kappa shape index (κ1) is 9.19. The fraction of sp³-hybridized carbons (Fsp3) is 0.286. The number of pyridine rings is 1. The Balaban J connectivity index is 3.08. The van der Waals surface area contributed by atoms with Gasteiger partial charge in [-0.1, -0.05) is 0 Å². The van der Waals surface area contributed by atoms with E-state index in [-0.39, 0.29) is 17.3 Å². The summed E-state index contributed by atoms with van der Waals surface area (Å²) < 4.78 is 24.4. The molecule has 0 amide bonds. The van der Waals surface area contributed by atoms with Gasteiger partial charge < -0.3 is 5.73 Å². The molecule has 0 saturated heterocycles. The number of anilines is 1. The molecule has 0 saturated carbocycles. The van der Waals surface area contributed by atoms with Gasteiger partial charge in [0.05, 0.1) is 5.56 Å². The van der Waals surface area contributed by atoms with Crippen molar-refractivity contribution in [3.8, 4) is 0 Å². The number of nitrogens with two attached hydrogens (primary N) is 1. The summed E-state index contributed by atoms with van der Waals surface area (Å²) in [4.78, 5) is 3.58. The highest BCUT2D eigenvalue weighted by Gasteiger charge is 2.12. The minimum Gasteiger partial charge on any atom is -0.383 e. The van der Waals surface area contributed by atoms with Crippen molar-refractivity contribution < 1.29 is 8.78 Å². The Labute approximate surface area is 73.4 Å². The maximum Gasteiger partial charge on any atom is 0.267 e. The molecule has 0 aliphatic carbocycles. The van der Waals surface area contributed by atoms with Crippen molar-refractivity contribution in [1.29, 1.82) is 0 Å². The summed E-state index contributed by atoms with van der Waals surface area (Å²) >= 11 is 5.43. The molecule has 0 aromatic carbocycles. The fourth-order valence-corrected chi connectivity index (χ4v) is 0.932. The fourth-order valence-electron chi connectivity index (χ4n) is 0.786. The molecule has 0 aliphatic rings. The van der Waals surface area contributed by atoms with Gasteiger partial charge in [0.25, 0.3) is 6.43 Å². The van der Waals surface area contributed by atoms with E-state index in [1.54, 1.807) is 0 Å². The van der Waals surface area contributed by atoms with E-state index in [1.165, 1.54) is 12.3 Å². The highest BCUT2D eigenvalue weighted by Crippen LogP contribution is 2.24. The summed E-state index contributed by atoms with van der Waals surface area (Å²) in [5, 5.41) is 0. The number of aromatic nitrogens is 1. The third-order valence-corrected chi connectivity index (χ3v) is 1.70. The molecule has 5 heteroatoms. The molecule has 1 aromatic heterocycles. The van der Waals surface area contributed by atoms with Crippen LogP contribution in [0.2, 0.25) is 0 Å². The summed E-state index contributed by atoms with van der Waals surface area (Å²) in [6.45, 7) is 0. The molecular weight excluding hydrogens is 186 g/mol. The first-order chi connectivity index (χ1) is 5.65. The normalized spacial score (nSPS) is 10.7. The molecule has 0 atom stereocenters. The van der Waals surface area contributed by atoms with Gasteiger partial charge in [-0.25, -0.2) is 13.8 Å². The Bertz CT molecular complexity index is 278. The summed E-state index contributed by atoms with van der Waals surface area (Å²) in [5.74, 6) is 0.0198. The van der Waals surface area contributed by atoms with Crippen LogP contribution >= 0.6 is 11.6 Å². The number of halogens is 3. The highest BCUT2D eigenvalue weighted by molar-refractivity contribution is 6.17. The van der Waals surface area contributed by atoms with Crippen LogP contribution in [0.25, 0.3) is 0 Å². The average Bonchev–Trinajstić information content (AvgIpc) is 2.05. The van der Waals surface area contributed by atoms with Gasteiger partial charge >= 0.3 is 0 Å². The van der Waals surface area contributed by atoms with Gasteiger partial charge in [-0.3, -0.25) is 0 Å². The number of rotatable bonds is 2. The van der Waals surface area contributed by atoms with Gasteiger partial charge in [0.2, 0.25) is 0 Å². The zero-order chi connectivity index (χ0) is 9.14. The summed E-state index contributed by atoms with van der Waals surface area (Å²) in [6, 6.07) is 1.26. The minimum atomic E-state index is -2.60. The molecule has 1 rings (SSSR count). The number of nitrogens with zero attached hydrogens (tertiary/aromatic N) is 1. The van der Waals surface area contributed by atoms with Crippen LogP contribution in [0, 0.1) is 0 Å². The molecule has 2 nitrogen and oxygen atoms in total. The molecule has 0 fully saturated rings. The molecule has 66 valence electrons. The molecule has 12 heavy (non-hydrogen) atoms. The van der Waals surface area contributed by atoms with Crippen molar-refractivity contribution in [2.45, 2.75) is 12.3 Å². The minimum absolute atomic E-state index is 0.140. The van der Waals surface area contributed by atoms with Gasteiger partial charge in [-0.2, -0.15) is 0 Å². The van der Waals surface area contributed by atoms with Crippen molar-refractivity contribution >= 4 is 17.4 Å². The van der Waals surface area contributed by atoms with E-state index in [1.807, 2.05) is 0 Å². The Kier molecular flexibility index (Phi) is 2.81.